The molecule has 1 aromatic carbocycles. The number of hydrogen-bond acceptors (Lipinski definition) is 5. The molecule has 0 aromatic heterocycles. The van der Waals surface area contributed by atoms with Crippen molar-refractivity contribution in [2.24, 2.45) is 0 Å². The van der Waals surface area contributed by atoms with E-state index in [1.165, 1.54) is 33.5 Å². The van der Waals surface area contributed by atoms with Crippen molar-refractivity contribution < 1.29 is 28.9 Å². The number of methoxy groups -OCH3 is 3. The van der Waals surface area contributed by atoms with E-state index in [-0.39, 0.29) is 5.56 Å². The van der Waals surface area contributed by atoms with Crippen LogP contribution in [0.25, 0.3) is 0 Å². The standard InChI is InChI=1S/C17H23NO6/c1-22-12-9-11(10-13(23-2)14(12)24-3)15(19)18-17(16(20)21)7-5-4-6-8-17/h9-10H,4-8H2,1-3H3,(H,18,19)(H,20,21). The molecule has 1 aliphatic carbocycles. The van der Waals surface area contributed by atoms with Gasteiger partial charge in [0.25, 0.3) is 5.91 Å². The van der Waals surface area contributed by atoms with E-state index < -0.39 is 17.4 Å². The molecule has 0 bridgehead atoms. The summed E-state index contributed by atoms with van der Waals surface area (Å²) >= 11 is 0. The fourth-order valence-electron chi connectivity index (χ4n) is 3.05. The van der Waals surface area contributed by atoms with Crippen LogP contribution in [0.2, 0.25) is 0 Å². The number of amides is 1. The van der Waals surface area contributed by atoms with Crippen LogP contribution in [0.4, 0.5) is 0 Å². The second-order valence-electron chi connectivity index (χ2n) is 5.82. The summed E-state index contributed by atoms with van der Waals surface area (Å²) in [7, 11) is 4.39. The topological polar surface area (TPSA) is 94.1 Å². The van der Waals surface area contributed by atoms with Gasteiger partial charge in [0.05, 0.1) is 21.3 Å². The van der Waals surface area contributed by atoms with E-state index >= 15 is 0 Å². The average Bonchev–Trinajstić information content (AvgIpc) is 2.60. The molecule has 0 atom stereocenters. The first-order valence-corrected chi connectivity index (χ1v) is 7.83. The van der Waals surface area contributed by atoms with E-state index in [1.54, 1.807) is 0 Å². The van der Waals surface area contributed by atoms with Crippen molar-refractivity contribution in [3.63, 3.8) is 0 Å². The molecule has 2 rings (SSSR count). The number of hydrogen-bond donors (Lipinski definition) is 2. The van der Waals surface area contributed by atoms with Crippen LogP contribution in [0.5, 0.6) is 17.2 Å². The molecule has 1 aliphatic rings. The number of carbonyl (C=O) groups excluding carboxylic acids is 1. The zero-order valence-electron chi connectivity index (χ0n) is 14.2. The fourth-order valence-corrected chi connectivity index (χ4v) is 3.05. The van der Waals surface area contributed by atoms with Crippen molar-refractivity contribution in [2.45, 2.75) is 37.6 Å². The number of carboxylic acid groups (broad SMARTS) is 1. The lowest BCUT2D eigenvalue weighted by molar-refractivity contribution is -0.145. The SMILES string of the molecule is COc1cc(C(=O)NC2(C(=O)O)CCCCC2)cc(OC)c1OC. The molecule has 1 fully saturated rings. The van der Waals surface area contributed by atoms with Crippen LogP contribution in [-0.2, 0) is 4.79 Å². The fraction of sp³-hybridized carbons (Fsp3) is 0.529. The normalized spacial score (nSPS) is 16.1. The molecule has 0 radical (unpaired) electrons. The molecule has 0 spiro atoms. The Morgan fingerprint density at radius 2 is 1.54 bits per heavy atom. The van der Waals surface area contributed by atoms with Gasteiger partial charge in [-0.2, -0.15) is 0 Å². The highest BCUT2D eigenvalue weighted by atomic mass is 16.5. The third-order valence-corrected chi connectivity index (χ3v) is 4.40. The third-order valence-electron chi connectivity index (χ3n) is 4.40. The lowest BCUT2D eigenvalue weighted by atomic mass is 9.81. The van der Waals surface area contributed by atoms with Crippen molar-refractivity contribution in [3.8, 4) is 17.2 Å². The maximum absolute atomic E-state index is 12.6. The highest BCUT2D eigenvalue weighted by molar-refractivity contribution is 5.99. The lowest BCUT2D eigenvalue weighted by Gasteiger charge is -2.34. The van der Waals surface area contributed by atoms with Gasteiger partial charge in [-0.3, -0.25) is 4.79 Å². The summed E-state index contributed by atoms with van der Waals surface area (Å²) in [6.07, 6.45) is 3.40. The van der Waals surface area contributed by atoms with E-state index in [0.717, 1.165) is 19.3 Å². The number of carboxylic acids is 1. The Labute approximate surface area is 140 Å². The van der Waals surface area contributed by atoms with Crippen LogP contribution in [0.3, 0.4) is 0 Å². The van der Waals surface area contributed by atoms with E-state index in [9.17, 15) is 14.7 Å². The number of benzene rings is 1. The summed E-state index contributed by atoms with van der Waals surface area (Å²) in [5, 5.41) is 12.3. The van der Waals surface area contributed by atoms with Crippen molar-refractivity contribution >= 4 is 11.9 Å². The van der Waals surface area contributed by atoms with Crippen LogP contribution < -0.4 is 19.5 Å². The molecule has 1 amide bonds. The number of aliphatic carboxylic acids is 1. The molecule has 1 saturated carbocycles. The van der Waals surface area contributed by atoms with E-state index in [0.29, 0.717) is 30.1 Å². The number of ether oxygens (including phenoxy) is 3. The van der Waals surface area contributed by atoms with Crippen LogP contribution in [0, 0.1) is 0 Å². The van der Waals surface area contributed by atoms with E-state index in [4.69, 9.17) is 14.2 Å². The van der Waals surface area contributed by atoms with Gasteiger partial charge in [-0.1, -0.05) is 19.3 Å². The molecule has 7 heteroatoms. The first-order valence-electron chi connectivity index (χ1n) is 7.83. The number of rotatable bonds is 6. The molecular weight excluding hydrogens is 314 g/mol. The lowest BCUT2D eigenvalue weighted by Crippen LogP contribution is -2.55. The van der Waals surface area contributed by atoms with Gasteiger partial charge in [0.1, 0.15) is 5.54 Å². The smallest absolute Gasteiger partial charge is 0.329 e. The average molecular weight is 337 g/mol. The molecule has 0 saturated heterocycles. The first kappa shape index (κ1) is 17.9. The highest BCUT2D eigenvalue weighted by Crippen LogP contribution is 2.38. The molecule has 0 aliphatic heterocycles. The summed E-state index contributed by atoms with van der Waals surface area (Å²) in [4.78, 5) is 24.3. The van der Waals surface area contributed by atoms with Crippen LogP contribution in [-0.4, -0.2) is 43.9 Å². The minimum absolute atomic E-state index is 0.260. The summed E-state index contributed by atoms with van der Waals surface area (Å²) in [5.41, 5.74) is -0.953. The van der Waals surface area contributed by atoms with Crippen molar-refractivity contribution in [2.75, 3.05) is 21.3 Å². The number of carbonyl (C=O) groups is 2. The van der Waals surface area contributed by atoms with Crippen molar-refractivity contribution in [1.82, 2.24) is 5.32 Å². The first-order chi connectivity index (χ1) is 11.5. The summed E-state index contributed by atoms with van der Waals surface area (Å²) in [5.74, 6) is -0.409. The second-order valence-corrected chi connectivity index (χ2v) is 5.82. The summed E-state index contributed by atoms with van der Waals surface area (Å²) in [6.45, 7) is 0. The zero-order chi connectivity index (χ0) is 17.7. The van der Waals surface area contributed by atoms with Crippen LogP contribution >= 0.6 is 0 Å². The summed E-state index contributed by atoms with van der Waals surface area (Å²) in [6, 6.07) is 3.02. The van der Waals surface area contributed by atoms with E-state index in [1.807, 2.05) is 0 Å². The third kappa shape index (κ3) is 3.39. The molecular formula is C17H23NO6. The van der Waals surface area contributed by atoms with Crippen molar-refractivity contribution in [3.05, 3.63) is 17.7 Å². The molecule has 7 nitrogen and oxygen atoms in total. The van der Waals surface area contributed by atoms with Gasteiger partial charge >= 0.3 is 5.97 Å². The maximum Gasteiger partial charge on any atom is 0.329 e. The monoisotopic (exact) mass is 337 g/mol. The van der Waals surface area contributed by atoms with Gasteiger partial charge in [0.2, 0.25) is 5.75 Å². The molecule has 1 aromatic rings. The predicted octanol–water partition coefficient (Wildman–Crippen LogP) is 2.23. The van der Waals surface area contributed by atoms with Crippen LogP contribution in [0.1, 0.15) is 42.5 Å². The van der Waals surface area contributed by atoms with Gasteiger partial charge in [0, 0.05) is 5.56 Å². The quantitative estimate of drug-likeness (QED) is 0.827. The minimum Gasteiger partial charge on any atom is -0.493 e. The van der Waals surface area contributed by atoms with Gasteiger partial charge in [-0.25, -0.2) is 4.79 Å². The predicted molar refractivity (Wildman–Crippen MR) is 87.0 cm³/mol. The van der Waals surface area contributed by atoms with Gasteiger partial charge in [-0.05, 0) is 25.0 Å². The largest absolute Gasteiger partial charge is 0.493 e. The molecule has 24 heavy (non-hydrogen) atoms. The summed E-state index contributed by atoms with van der Waals surface area (Å²) < 4.78 is 15.7. The molecule has 132 valence electrons. The highest BCUT2D eigenvalue weighted by Gasteiger charge is 2.41. The Hall–Kier alpha value is -2.44. The van der Waals surface area contributed by atoms with E-state index in [2.05, 4.69) is 5.32 Å². The Kier molecular flexibility index (Phi) is 5.54. The Morgan fingerprint density at radius 3 is 1.96 bits per heavy atom. The number of nitrogens with one attached hydrogen (secondary N) is 1. The Balaban J connectivity index is 2.33. The maximum atomic E-state index is 12.6. The van der Waals surface area contributed by atoms with Gasteiger partial charge in [0.15, 0.2) is 11.5 Å². The molecule has 0 heterocycles. The Morgan fingerprint density at radius 1 is 1.00 bits per heavy atom. The Bertz CT molecular complexity index is 597. The van der Waals surface area contributed by atoms with Crippen LogP contribution in [0.15, 0.2) is 12.1 Å². The second kappa shape index (κ2) is 7.42. The van der Waals surface area contributed by atoms with Gasteiger partial charge in [-0.15, -0.1) is 0 Å². The zero-order valence-corrected chi connectivity index (χ0v) is 14.2. The van der Waals surface area contributed by atoms with Crippen molar-refractivity contribution in [1.29, 1.82) is 0 Å². The molecule has 0 unspecified atom stereocenters. The minimum atomic E-state index is -1.21. The molecule has 2 N–H and O–H groups in total. The van der Waals surface area contributed by atoms with Gasteiger partial charge < -0.3 is 24.6 Å².